The minimum absolute atomic E-state index is 0.0882. The van der Waals surface area contributed by atoms with Gasteiger partial charge in [0.05, 0.1) is 25.4 Å². The van der Waals surface area contributed by atoms with Gasteiger partial charge in [-0.25, -0.2) is 13.1 Å². The molecule has 0 saturated carbocycles. The van der Waals surface area contributed by atoms with Crippen molar-refractivity contribution in [2.75, 3.05) is 27.2 Å². The Bertz CT molecular complexity index is 1180. The Balaban J connectivity index is 2.93. The van der Waals surface area contributed by atoms with Crippen LogP contribution < -0.4 is 21.5 Å². The van der Waals surface area contributed by atoms with Crippen LogP contribution in [0.5, 0.6) is 0 Å². The number of benzene rings is 1. The highest BCUT2D eigenvalue weighted by Gasteiger charge is 2.29. The van der Waals surface area contributed by atoms with Crippen molar-refractivity contribution in [3.05, 3.63) is 35.4 Å². The number of sulfonamides is 1. The highest BCUT2D eigenvalue weighted by molar-refractivity contribution is 7.88. The average molecular weight is 582 g/mol. The molecule has 0 heterocycles. The zero-order chi connectivity index (χ0) is 30.3. The van der Waals surface area contributed by atoms with E-state index in [1.807, 2.05) is 6.92 Å². The van der Waals surface area contributed by atoms with Gasteiger partial charge in [0.1, 0.15) is 12.3 Å². The maximum atomic E-state index is 13.2. The molecule has 7 N–H and O–H groups in total. The predicted molar refractivity (Wildman–Crippen MR) is 150 cm³/mol. The molecule has 0 radical (unpaired) electrons. The van der Waals surface area contributed by atoms with E-state index in [2.05, 4.69) is 19.8 Å². The number of nitrogens with zero attached hydrogens (tertiary/aromatic N) is 2. The lowest BCUT2D eigenvalue weighted by atomic mass is 10.1. The number of amides is 2. The van der Waals surface area contributed by atoms with E-state index in [0.717, 1.165) is 4.90 Å². The quantitative estimate of drug-likeness (QED) is 0.0489. The number of aliphatic imine (C=N–C) groups is 1. The molecule has 15 heteroatoms. The van der Waals surface area contributed by atoms with Crippen molar-refractivity contribution in [2.45, 2.75) is 56.9 Å². The van der Waals surface area contributed by atoms with Gasteiger partial charge in [-0.3, -0.25) is 19.4 Å². The van der Waals surface area contributed by atoms with E-state index in [1.165, 1.54) is 14.2 Å². The third kappa shape index (κ3) is 12.8. The predicted octanol–water partition coefficient (Wildman–Crippen LogP) is -0.599. The first-order valence-corrected chi connectivity index (χ1v) is 14.3. The zero-order valence-corrected chi connectivity index (χ0v) is 23.8. The summed E-state index contributed by atoms with van der Waals surface area (Å²) in [5.74, 6) is -2.59. The third-order valence-electron chi connectivity index (χ3n) is 5.71. The van der Waals surface area contributed by atoms with Crippen LogP contribution in [0.2, 0.25) is 0 Å². The van der Waals surface area contributed by atoms with Crippen molar-refractivity contribution in [1.29, 1.82) is 5.41 Å². The molecule has 1 rings (SSSR count). The first-order valence-electron chi connectivity index (χ1n) is 12.6. The number of likely N-dealkylation sites (N-methyl/N-ethyl adjacent to an activating group) is 1. The second-order valence-electron chi connectivity index (χ2n) is 9.03. The molecule has 0 aromatic heterocycles. The minimum atomic E-state index is -4.08. The van der Waals surface area contributed by atoms with Crippen LogP contribution in [0.1, 0.15) is 50.2 Å². The van der Waals surface area contributed by atoms with Gasteiger partial charge in [-0.15, -0.1) is 0 Å². The Morgan fingerprint density at radius 1 is 1.23 bits per heavy atom. The van der Waals surface area contributed by atoms with Gasteiger partial charge in [-0.2, -0.15) is 0 Å². The minimum Gasteiger partial charge on any atom is -0.469 e. The SMILES string of the molecule is CCC(=N)c1cccc(CS(=O)(=O)NC(CCC(=O)OC)C(=O)N(C)CC(=O)N[C@H](C=O)CCCN=C(N)N)c1. The van der Waals surface area contributed by atoms with Crippen molar-refractivity contribution in [3.8, 4) is 0 Å². The highest BCUT2D eigenvalue weighted by Crippen LogP contribution is 2.13. The van der Waals surface area contributed by atoms with Crippen LogP contribution in [-0.2, 0) is 39.7 Å². The number of hydrogen-bond acceptors (Lipinski definition) is 9. The lowest BCUT2D eigenvalue weighted by Crippen LogP contribution is -2.51. The van der Waals surface area contributed by atoms with Crippen molar-refractivity contribution in [1.82, 2.24) is 14.9 Å². The van der Waals surface area contributed by atoms with Gasteiger partial charge in [0.25, 0.3) is 0 Å². The molecule has 40 heavy (non-hydrogen) atoms. The lowest BCUT2D eigenvalue weighted by Gasteiger charge is -2.24. The second-order valence-corrected chi connectivity index (χ2v) is 10.8. The molecular formula is C25H39N7O7S. The van der Waals surface area contributed by atoms with Crippen LogP contribution in [-0.4, -0.2) is 88.4 Å². The van der Waals surface area contributed by atoms with E-state index in [4.69, 9.17) is 16.9 Å². The van der Waals surface area contributed by atoms with Crippen LogP contribution in [0.25, 0.3) is 0 Å². The van der Waals surface area contributed by atoms with E-state index in [9.17, 15) is 27.6 Å². The summed E-state index contributed by atoms with van der Waals surface area (Å²) in [6.07, 6.45) is 1.27. The fourth-order valence-corrected chi connectivity index (χ4v) is 4.99. The van der Waals surface area contributed by atoms with E-state index in [0.29, 0.717) is 36.0 Å². The molecule has 0 aliphatic carbocycles. The van der Waals surface area contributed by atoms with Crippen LogP contribution >= 0.6 is 0 Å². The normalized spacial score (nSPS) is 12.5. The molecule has 1 unspecified atom stereocenters. The second kappa shape index (κ2) is 17.0. The van der Waals surface area contributed by atoms with Crippen molar-refractivity contribution in [2.24, 2.45) is 16.5 Å². The summed E-state index contributed by atoms with van der Waals surface area (Å²) in [7, 11) is -1.61. The van der Waals surface area contributed by atoms with Gasteiger partial charge in [0.15, 0.2) is 5.96 Å². The van der Waals surface area contributed by atoms with E-state index in [-0.39, 0.29) is 31.8 Å². The smallest absolute Gasteiger partial charge is 0.305 e. The summed E-state index contributed by atoms with van der Waals surface area (Å²) >= 11 is 0. The fourth-order valence-electron chi connectivity index (χ4n) is 3.63. The molecule has 0 saturated heterocycles. The Kier molecular flexibility index (Phi) is 14.5. The first kappa shape index (κ1) is 34.2. The number of carbonyl (C=O) groups is 4. The number of esters is 1. The Morgan fingerprint density at radius 2 is 1.93 bits per heavy atom. The van der Waals surface area contributed by atoms with Crippen LogP contribution in [0.15, 0.2) is 29.3 Å². The standard InChI is InChI=1S/C25H39N7O7S/c1-4-20(26)18-8-5-7-17(13-18)16-40(37,38)31-21(10-11-23(35)39-3)24(36)32(2)14-22(34)30-19(15-33)9-6-12-29-25(27)28/h5,7-8,13,15,19,21,26,31H,4,6,9-12,14,16H2,1-3H3,(H,30,34)(H4,27,28,29)/t19-,21?/m0/s1. The highest BCUT2D eigenvalue weighted by atomic mass is 32.2. The molecule has 2 atom stereocenters. The maximum Gasteiger partial charge on any atom is 0.305 e. The van der Waals surface area contributed by atoms with E-state index in [1.54, 1.807) is 24.3 Å². The molecule has 0 aliphatic rings. The van der Waals surface area contributed by atoms with Gasteiger partial charge in [0, 0.05) is 25.7 Å². The van der Waals surface area contributed by atoms with Gasteiger partial charge >= 0.3 is 5.97 Å². The Labute approximate surface area is 234 Å². The number of nitrogens with two attached hydrogens (primary N) is 2. The molecule has 0 bridgehead atoms. The number of aldehydes is 1. The zero-order valence-electron chi connectivity index (χ0n) is 23.0. The van der Waals surface area contributed by atoms with Crippen molar-refractivity contribution < 1.29 is 32.3 Å². The first-order chi connectivity index (χ1) is 18.8. The molecule has 1 aromatic carbocycles. The summed E-state index contributed by atoms with van der Waals surface area (Å²) in [6, 6.07) is 4.34. The monoisotopic (exact) mass is 581 g/mol. The van der Waals surface area contributed by atoms with Crippen LogP contribution in [0.3, 0.4) is 0 Å². The molecule has 222 valence electrons. The number of ether oxygens (including phenoxy) is 1. The van der Waals surface area contributed by atoms with E-state index < -0.39 is 52.2 Å². The van der Waals surface area contributed by atoms with E-state index >= 15 is 0 Å². The van der Waals surface area contributed by atoms with Crippen LogP contribution in [0, 0.1) is 5.41 Å². The number of nitrogens with one attached hydrogen (secondary N) is 3. The maximum absolute atomic E-state index is 13.2. The third-order valence-corrected chi connectivity index (χ3v) is 7.06. The Morgan fingerprint density at radius 3 is 2.52 bits per heavy atom. The van der Waals surface area contributed by atoms with Gasteiger partial charge in [-0.1, -0.05) is 25.1 Å². The molecule has 1 aromatic rings. The van der Waals surface area contributed by atoms with Crippen molar-refractivity contribution >= 4 is 45.8 Å². The number of carbonyl (C=O) groups excluding carboxylic acids is 4. The lowest BCUT2D eigenvalue weighted by molar-refractivity contribution is -0.141. The van der Waals surface area contributed by atoms with Gasteiger partial charge in [0.2, 0.25) is 21.8 Å². The molecular weight excluding hydrogens is 542 g/mol. The molecule has 0 spiro atoms. The number of methoxy groups -OCH3 is 1. The average Bonchev–Trinajstić information content (AvgIpc) is 2.91. The van der Waals surface area contributed by atoms with Crippen molar-refractivity contribution in [3.63, 3.8) is 0 Å². The number of rotatable bonds is 18. The number of guanidine groups is 1. The summed E-state index contributed by atoms with van der Waals surface area (Å²) in [5.41, 5.74) is 11.8. The summed E-state index contributed by atoms with van der Waals surface area (Å²) < 4.78 is 32.9. The molecule has 0 aliphatic heterocycles. The van der Waals surface area contributed by atoms with Crippen LogP contribution in [0.4, 0.5) is 0 Å². The molecule has 2 amide bonds. The largest absolute Gasteiger partial charge is 0.469 e. The molecule has 14 nitrogen and oxygen atoms in total. The topological polar surface area (TPSA) is 227 Å². The summed E-state index contributed by atoms with van der Waals surface area (Å²) in [4.78, 5) is 53.5. The fraction of sp³-hybridized carbons (Fsp3) is 0.520. The molecule has 0 fully saturated rings. The summed E-state index contributed by atoms with van der Waals surface area (Å²) in [6.45, 7) is 1.62. The summed E-state index contributed by atoms with van der Waals surface area (Å²) in [5, 5.41) is 10.5. The number of hydrogen-bond donors (Lipinski definition) is 5. The van der Waals surface area contributed by atoms with Gasteiger partial charge < -0.3 is 36.6 Å². The Hall–Kier alpha value is -3.85. The van der Waals surface area contributed by atoms with Gasteiger partial charge in [-0.05, 0) is 42.9 Å².